The molecule has 1 amide bonds. The lowest BCUT2D eigenvalue weighted by molar-refractivity contribution is 0.0975. The Hall–Kier alpha value is -2.91. The average Bonchev–Trinajstić information content (AvgIpc) is 3.16. The Kier molecular flexibility index (Phi) is 6.48. The molecule has 4 rings (SSSR count). The molecular formula is C21H14Cl3N5O2S. The summed E-state index contributed by atoms with van der Waals surface area (Å²) in [7, 11) is 1.40. The Morgan fingerprint density at radius 2 is 1.69 bits per heavy atom. The number of thiocarbonyl (C=S) groups is 1. The predicted octanol–water partition coefficient (Wildman–Crippen LogP) is 5.52. The van der Waals surface area contributed by atoms with Crippen LogP contribution in [-0.2, 0) is 0 Å². The van der Waals surface area contributed by atoms with E-state index < -0.39 is 5.91 Å². The zero-order chi connectivity index (χ0) is 22.8. The van der Waals surface area contributed by atoms with Crippen molar-refractivity contribution in [3.8, 4) is 11.4 Å². The minimum absolute atomic E-state index is 0.0184. The number of halogens is 3. The molecule has 0 aliphatic heterocycles. The SMILES string of the molecule is COc1c(Cl)cc(Cl)cc1C(=O)NC(=S)Nc1cc2nn(-c3ccccc3)nc2cc1Cl. The van der Waals surface area contributed by atoms with Gasteiger partial charge in [-0.15, -0.1) is 10.2 Å². The molecule has 1 heterocycles. The van der Waals surface area contributed by atoms with Gasteiger partial charge in [0.25, 0.3) is 5.91 Å². The lowest BCUT2D eigenvalue weighted by Crippen LogP contribution is -2.34. The fourth-order valence-electron chi connectivity index (χ4n) is 2.97. The molecule has 3 aromatic carbocycles. The number of hydrogen-bond acceptors (Lipinski definition) is 5. The van der Waals surface area contributed by atoms with Crippen LogP contribution >= 0.6 is 47.0 Å². The molecule has 0 unspecified atom stereocenters. The second kappa shape index (κ2) is 9.30. The van der Waals surface area contributed by atoms with E-state index in [1.807, 2.05) is 30.3 Å². The highest BCUT2D eigenvalue weighted by Crippen LogP contribution is 2.32. The maximum Gasteiger partial charge on any atom is 0.261 e. The Morgan fingerprint density at radius 1 is 1.00 bits per heavy atom. The molecule has 0 aliphatic carbocycles. The Labute approximate surface area is 203 Å². The van der Waals surface area contributed by atoms with Crippen LogP contribution in [0.25, 0.3) is 16.7 Å². The standard InChI is InChI=1S/C21H14Cl3N5O2S/c1-31-19-13(7-11(22)8-15(19)24)20(30)26-21(32)25-16-10-18-17(9-14(16)23)27-29(28-18)12-5-3-2-4-6-12/h2-10H,1H3,(H2,25,26,30,32). The Balaban J connectivity index is 1.55. The molecule has 2 N–H and O–H groups in total. The van der Waals surface area contributed by atoms with Gasteiger partial charge in [0, 0.05) is 5.02 Å². The van der Waals surface area contributed by atoms with Gasteiger partial charge in [-0.3, -0.25) is 10.1 Å². The topological polar surface area (TPSA) is 81.1 Å². The van der Waals surface area contributed by atoms with Crippen LogP contribution in [0.15, 0.2) is 54.6 Å². The summed E-state index contributed by atoms with van der Waals surface area (Å²) in [5.74, 6) is -0.357. The summed E-state index contributed by atoms with van der Waals surface area (Å²) < 4.78 is 5.20. The van der Waals surface area contributed by atoms with Crippen LogP contribution in [-0.4, -0.2) is 33.1 Å². The van der Waals surface area contributed by atoms with E-state index in [0.29, 0.717) is 21.7 Å². The molecule has 0 fully saturated rings. The minimum Gasteiger partial charge on any atom is -0.494 e. The first kappa shape index (κ1) is 22.3. The van der Waals surface area contributed by atoms with Gasteiger partial charge in [0.05, 0.1) is 34.1 Å². The van der Waals surface area contributed by atoms with Crippen molar-refractivity contribution in [1.29, 1.82) is 0 Å². The number of nitrogens with zero attached hydrogens (tertiary/aromatic N) is 3. The molecule has 0 aliphatic rings. The number of para-hydroxylation sites is 1. The number of ether oxygens (including phenoxy) is 1. The molecular weight excluding hydrogens is 493 g/mol. The summed E-state index contributed by atoms with van der Waals surface area (Å²) in [6.45, 7) is 0. The zero-order valence-electron chi connectivity index (χ0n) is 16.4. The number of benzene rings is 3. The van der Waals surface area contributed by atoms with Gasteiger partial charge < -0.3 is 10.1 Å². The molecule has 7 nitrogen and oxygen atoms in total. The molecule has 0 bridgehead atoms. The molecule has 0 saturated heterocycles. The number of methoxy groups -OCH3 is 1. The van der Waals surface area contributed by atoms with Crippen LogP contribution in [0.5, 0.6) is 5.75 Å². The number of carbonyl (C=O) groups is 1. The van der Waals surface area contributed by atoms with E-state index in [0.717, 1.165) is 5.69 Å². The third kappa shape index (κ3) is 4.63. The van der Waals surface area contributed by atoms with Crippen molar-refractivity contribution in [2.75, 3.05) is 12.4 Å². The number of aromatic nitrogens is 3. The largest absolute Gasteiger partial charge is 0.494 e. The number of nitrogens with one attached hydrogen (secondary N) is 2. The van der Waals surface area contributed by atoms with E-state index in [-0.39, 0.29) is 26.5 Å². The quantitative estimate of drug-likeness (QED) is 0.355. The van der Waals surface area contributed by atoms with E-state index >= 15 is 0 Å². The van der Waals surface area contributed by atoms with Crippen LogP contribution in [0.1, 0.15) is 10.4 Å². The second-order valence-corrected chi connectivity index (χ2v) is 8.18. The van der Waals surface area contributed by atoms with Crippen LogP contribution in [0, 0.1) is 0 Å². The van der Waals surface area contributed by atoms with Crippen molar-refractivity contribution < 1.29 is 9.53 Å². The third-order valence-corrected chi connectivity index (χ3v) is 5.40. The average molecular weight is 507 g/mol. The number of anilines is 1. The van der Waals surface area contributed by atoms with Crippen molar-refractivity contribution in [1.82, 2.24) is 20.3 Å². The van der Waals surface area contributed by atoms with E-state index in [2.05, 4.69) is 20.8 Å². The van der Waals surface area contributed by atoms with E-state index in [4.69, 9.17) is 51.8 Å². The number of hydrogen-bond donors (Lipinski definition) is 2. The van der Waals surface area contributed by atoms with E-state index in [1.54, 1.807) is 12.1 Å². The number of rotatable bonds is 4. The summed E-state index contributed by atoms with van der Waals surface area (Å²) >= 11 is 23.8. The highest BCUT2D eigenvalue weighted by Gasteiger charge is 2.18. The first-order valence-corrected chi connectivity index (χ1v) is 10.7. The van der Waals surface area contributed by atoms with Gasteiger partial charge in [0.15, 0.2) is 5.11 Å². The van der Waals surface area contributed by atoms with Crippen molar-refractivity contribution >= 4 is 74.8 Å². The molecule has 11 heteroatoms. The lowest BCUT2D eigenvalue weighted by atomic mass is 10.2. The normalized spacial score (nSPS) is 10.8. The van der Waals surface area contributed by atoms with E-state index in [9.17, 15) is 4.79 Å². The second-order valence-electron chi connectivity index (χ2n) is 6.52. The van der Waals surface area contributed by atoms with Gasteiger partial charge in [-0.1, -0.05) is 53.0 Å². The Bertz CT molecular complexity index is 1340. The van der Waals surface area contributed by atoms with Crippen LogP contribution in [0.4, 0.5) is 5.69 Å². The maximum atomic E-state index is 12.7. The lowest BCUT2D eigenvalue weighted by Gasteiger charge is -2.13. The highest BCUT2D eigenvalue weighted by molar-refractivity contribution is 7.80. The molecule has 0 atom stereocenters. The van der Waals surface area contributed by atoms with Crippen LogP contribution in [0.3, 0.4) is 0 Å². The van der Waals surface area contributed by atoms with Crippen molar-refractivity contribution in [2.24, 2.45) is 0 Å². The predicted molar refractivity (Wildman–Crippen MR) is 131 cm³/mol. The van der Waals surface area contributed by atoms with Gasteiger partial charge in [0.2, 0.25) is 0 Å². The maximum absolute atomic E-state index is 12.7. The molecule has 1 aromatic heterocycles. The van der Waals surface area contributed by atoms with E-state index in [1.165, 1.54) is 24.0 Å². The summed E-state index contributed by atoms with van der Waals surface area (Å²) in [5.41, 5.74) is 2.62. The van der Waals surface area contributed by atoms with Gasteiger partial charge in [0.1, 0.15) is 16.8 Å². The fourth-order valence-corrected chi connectivity index (χ4v) is 3.95. The molecule has 0 saturated carbocycles. The monoisotopic (exact) mass is 505 g/mol. The molecule has 162 valence electrons. The Morgan fingerprint density at radius 3 is 2.38 bits per heavy atom. The highest BCUT2D eigenvalue weighted by atomic mass is 35.5. The number of carbonyl (C=O) groups excluding carboxylic acids is 1. The van der Waals surface area contributed by atoms with Crippen LogP contribution in [0.2, 0.25) is 15.1 Å². The molecule has 4 aromatic rings. The summed E-state index contributed by atoms with van der Waals surface area (Å²) in [5, 5.41) is 15.3. The summed E-state index contributed by atoms with van der Waals surface area (Å²) in [4.78, 5) is 14.2. The first-order chi connectivity index (χ1) is 15.4. The molecule has 32 heavy (non-hydrogen) atoms. The summed E-state index contributed by atoms with van der Waals surface area (Å²) in [6, 6.07) is 15.8. The number of fused-ring (bicyclic) bond motifs is 1. The van der Waals surface area contributed by atoms with Crippen LogP contribution < -0.4 is 15.4 Å². The fraction of sp³-hybridized carbons (Fsp3) is 0.0476. The van der Waals surface area contributed by atoms with Gasteiger partial charge in [-0.05, 0) is 48.6 Å². The van der Waals surface area contributed by atoms with Gasteiger partial charge >= 0.3 is 0 Å². The molecule has 0 radical (unpaired) electrons. The summed E-state index contributed by atoms with van der Waals surface area (Å²) in [6.07, 6.45) is 0. The minimum atomic E-state index is -0.545. The molecule has 0 spiro atoms. The van der Waals surface area contributed by atoms with Crippen molar-refractivity contribution in [3.63, 3.8) is 0 Å². The smallest absolute Gasteiger partial charge is 0.261 e. The van der Waals surface area contributed by atoms with Gasteiger partial charge in [-0.25, -0.2) is 0 Å². The van der Waals surface area contributed by atoms with Crippen molar-refractivity contribution in [3.05, 3.63) is 75.2 Å². The third-order valence-electron chi connectivity index (χ3n) is 4.39. The first-order valence-electron chi connectivity index (χ1n) is 9.13. The number of amides is 1. The van der Waals surface area contributed by atoms with Gasteiger partial charge in [-0.2, -0.15) is 4.80 Å². The zero-order valence-corrected chi connectivity index (χ0v) is 19.5. The van der Waals surface area contributed by atoms with Crippen molar-refractivity contribution in [2.45, 2.75) is 0 Å².